The first-order chi connectivity index (χ1) is 10.3. The fourth-order valence-corrected chi connectivity index (χ4v) is 2.03. The van der Waals surface area contributed by atoms with Crippen LogP contribution in [0.5, 0.6) is 11.6 Å². The van der Waals surface area contributed by atoms with Gasteiger partial charge >= 0.3 is 0 Å². The number of nitrogen functional groups attached to an aromatic ring is 1. The van der Waals surface area contributed by atoms with Gasteiger partial charge in [-0.3, -0.25) is 0 Å². The van der Waals surface area contributed by atoms with Gasteiger partial charge in [0.2, 0.25) is 5.88 Å². The Morgan fingerprint density at radius 1 is 0.857 bits per heavy atom. The molecule has 0 spiro atoms. The molecule has 0 radical (unpaired) electrons. The summed E-state index contributed by atoms with van der Waals surface area (Å²) in [6.45, 7) is 0.924. The molecular formula is C17H16N2O2. The third-order valence-corrected chi connectivity index (χ3v) is 3.03. The molecule has 1 heterocycles. The molecule has 0 atom stereocenters. The molecule has 0 saturated carbocycles. The van der Waals surface area contributed by atoms with E-state index in [9.17, 15) is 0 Å². The second-order valence-corrected chi connectivity index (χ2v) is 4.61. The van der Waals surface area contributed by atoms with Gasteiger partial charge < -0.3 is 15.2 Å². The molecule has 0 aliphatic carbocycles. The fourth-order valence-electron chi connectivity index (χ4n) is 2.03. The quantitative estimate of drug-likeness (QED) is 0.575. The van der Waals surface area contributed by atoms with Crippen LogP contribution in [-0.4, -0.2) is 18.2 Å². The van der Waals surface area contributed by atoms with Crippen molar-refractivity contribution in [3.8, 4) is 11.6 Å². The molecule has 1 aromatic heterocycles. The molecule has 106 valence electrons. The van der Waals surface area contributed by atoms with Crippen molar-refractivity contribution in [1.29, 1.82) is 0 Å². The predicted molar refractivity (Wildman–Crippen MR) is 83.6 cm³/mol. The molecule has 4 heteroatoms. The second kappa shape index (κ2) is 6.13. The Balaban J connectivity index is 1.57. The van der Waals surface area contributed by atoms with Crippen molar-refractivity contribution < 1.29 is 9.47 Å². The lowest BCUT2D eigenvalue weighted by atomic mass is 10.2. The molecule has 3 rings (SSSR count). The smallest absolute Gasteiger partial charge is 0.213 e. The number of rotatable bonds is 5. The number of ether oxygens (including phenoxy) is 2. The first kappa shape index (κ1) is 13.2. The summed E-state index contributed by atoms with van der Waals surface area (Å²) in [7, 11) is 0. The van der Waals surface area contributed by atoms with E-state index in [1.807, 2.05) is 60.7 Å². The van der Waals surface area contributed by atoms with Crippen molar-refractivity contribution in [2.75, 3.05) is 18.9 Å². The fraction of sp³-hybridized carbons (Fsp3) is 0.118. The molecule has 0 saturated heterocycles. The first-order valence-corrected chi connectivity index (χ1v) is 6.78. The van der Waals surface area contributed by atoms with Gasteiger partial charge in [-0.05, 0) is 36.4 Å². The van der Waals surface area contributed by atoms with Crippen LogP contribution in [0.15, 0.2) is 60.7 Å². The van der Waals surface area contributed by atoms with Crippen molar-refractivity contribution in [1.82, 2.24) is 4.98 Å². The molecule has 0 fully saturated rings. The average Bonchev–Trinajstić information content (AvgIpc) is 2.52. The summed E-state index contributed by atoms with van der Waals surface area (Å²) in [5, 5.41) is 1.00. The summed E-state index contributed by atoms with van der Waals surface area (Å²) >= 11 is 0. The summed E-state index contributed by atoms with van der Waals surface area (Å²) in [5.41, 5.74) is 7.34. The standard InChI is InChI=1S/C17H16N2O2/c18-14-7-8-16-13(12-14)6-9-17(19-16)21-11-10-20-15-4-2-1-3-5-15/h1-9,12H,10-11,18H2. The van der Waals surface area contributed by atoms with Crippen LogP contribution in [-0.2, 0) is 0 Å². The zero-order chi connectivity index (χ0) is 14.5. The molecule has 0 aliphatic heterocycles. The number of fused-ring (bicyclic) bond motifs is 1. The normalized spacial score (nSPS) is 10.5. The summed E-state index contributed by atoms with van der Waals surface area (Å²) in [6.07, 6.45) is 0. The van der Waals surface area contributed by atoms with E-state index >= 15 is 0 Å². The van der Waals surface area contributed by atoms with Crippen LogP contribution in [0.25, 0.3) is 10.9 Å². The topological polar surface area (TPSA) is 57.4 Å². The maximum Gasteiger partial charge on any atom is 0.213 e. The summed E-state index contributed by atoms with van der Waals surface area (Å²) in [6, 6.07) is 19.1. The zero-order valence-corrected chi connectivity index (χ0v) is 11.5. The summed E-state index contributed by atoms with van der Waals surface area (Å²) in [5.74, 6) is 1.42. The van der Waals surface area contributed by atoms with Crippen molar-refractivity contribution in [2.45, 2.75) is 0 Å². The van der Waals surface area contributed by atoms with Crippen molar-refractivity contribution in [3.05, 3.63) is 60.7 Å². The van der Waals surface area contributed by atoms with E-state index in [1.165, 1.54) is 0 Å². The number of nitrogens with zero attached hydrogens (tertiary/aromatic N) is 1. The Labute approximate surface area is 123 Å². The van der Waals surface area contributed by atoms with Crippen LogP contribution >= 0.6 is 0 Å². The highest BCUT2D eigenvalue weighted by Crippen LogP contribution is 2.19. The molecule has 0 unspecified atom stereocenters. The van der Waals surface area contributed by atoms with Gasteiger partial charge in [-0.25, -0.2) is 4.98 Å². The van der Waals surface area contributed by atoms with Gasteiger partial charge in [0.1, 0.15) is 19.0 Å². The van der Waals surface area contributed by atoms with Gasteiger partial charge in [0.15, 0.2) is 0 Å². The molecular weight excluding hydrogens is 264 g/mol. The van der Waals surface area contributed by atoms with Gasteiger partial charge in [-0.1, -0.05) is 18.2 Å². The number of para-hydroxylation sites is 1. The first-order valence-electron chi connectivity index (χ1n) is 6.78. The molecule has 4 nitrogen and oxygen atoms in total. The van der Waals surface area contributed by atoms with Crippen LogP contribution < -0.4 is 15.2 Å². The largest absolute Gasteiger partial charge is 0.490 e. The molecule has 2 N–H and O–H groups in total. The van der Waals surface area contributed by atoms with E-state index < -0.39 is 0 Å². The Bertz CT molecular complexity index is 729. The van der Waals surface area contributed by atoms with Crippen LogP contribution in [0.4, 0.5) is 5.69 Å². The molecule has 0 bridgehead atoms. The minimum Gasteiger partial charge on any atom is -0.490 e. The zero-order valence-electron chi connectivity index (χ0n) is 11.5. The monoisotopic (exact) mass is 280 g/mol. The highest BCUT2D eigenvalue weighted by Gasteiger charge is 2.00. The number of aromatic nitrogens is 1. The highest BCUT2D eigenvalue weighted by atomic mass is 16.5. The third-order valence-electron chi connectivity index (χ3n) is 3.03. The Kier molecular flexibility index (Phi) is 3.87. The van der Waals surface area contributed by atoms with E-state index in [0.29, 0.717) is 19.1 Å². The maximum atomic E-state index is 5.74. The Morgan fingerprint density at radius 2 is 1.67 bits per heavy atom. The average molecular weight is 280 g/mol. The number of pyridine rings is 1. The molecule has 0 aliphatic rings. The third kappa shape index (κ3) is 3.42. The van der Waals surface area contributed by atoms with Crippen LogP contribution in [0, 0.1) is 0 Å². The predicted octanol–water partition coefficient (Wildman–Crippen LogP) is 3.27. The van der Waals surface area contributed by atoms with Gasteiger partial charge in [-0.2, -0.15) is 0 Å². The van der Waals surface area contributed by atoms with Crippen LogP contribution in [0.1, 0.15) is 0 Å². The van der Waals surface area contributed by atoms with E-state index in [4.69, 9.17) is 15.2 Å². The van der Waals surface area contributed by atoms with Crippen LogP contribution in [0.3, 0.4) is 0 Å². The lowest BCUT2D eigenvalue weighted by molar-refractivity contribution is 0.212. The number of anilines is 1. The van der Waals surface area contributed by atoms with Crippen LogP contribution in [0.2, 0.25) is 0 Å². The molecule has 0 amide bonds. The van der Waals surface area contributed by atoms with E-state index in [-0.39, 0.29) is 0 Å². The number of benzene rings is 2. The number of hydrogen-bond acceptors (Lipinski definition) is 4. The minimum absolute atomic E-state index is 0.447. The minimum atomic E-state index is 0.447. The van der Waals surface area contributed by atoms with E-state index in [1.54, 1.807) is 0 Å². The Hall–Kier alpha value is -2.75. The second-order valence-electron chi connectivity index (χ2n) is 4.61. The van der Waals surface area contributed by atoms with Gasteiger partial charge in [0, 0.05) is 17.1 Å². The summed E-state index contributed by atoms with van der Waals surface area (Å²) < 4.78 is 11.2. The number of hydrogen-bond donors (Lipinski definition) is 1. The maximum absolute atomic E-state index is 5.74. The molecule has 2 aromatic carbocycles. The SMILES string of the molecule is Nc1ccc2nc(OCCOc3ccccc3)ccc2c1. The van der Waals surface area contributed by atoms with Crippen molar-refractivity contribution in [2.24, 2.45) is 0 Å². The van der Waals surface area contributed by atoms with E-state index in [0.717, 1.165) is 22.3 Å². The van der Waals surface area contributed by atoms with Crippen molar-refractivity contribution >= 4 is 16.6 Å². The molecule has 21 heavy (non-hydrogen) atoms. The molecule has 3 aromatic rings. The van der Waals surface area contributed by atoms with Crippen molar-refractivity contribution in [3.63, 3.8) is 0 Å². The highest BCUT2D eigenvalue weighted by molar-refractivity contribution is 5.82. The number of nitrogens with two attached hydrogens (primary N) is 1. The van der Waals surface area contributed by atoms with Gasteiger partial charge in [-0.15, -0.1) is 0 Å². The summed E-state index contributed by atoms with van der Waals surface area (Å²) in [4.78, 5) is 4.43. The van der Waals surface area contributed by atoms with Gasteiger partial charge in [0.05, 0.1) is 5.52 Å². The lowest BCUT2D eigenvalue weighted by Gasteiger charge is -2.08. The van der Waals surface area contributed by atoms with E-state index in [2.05, 4.69) is 4.98 Å². The van der Waals surface area contributed by atoms with Gasteiger partial charge in [0.25, 0.3) is 0 Å². The lowest BCUT2D eigenvalue weighted by Crippen LogP contribution is -2.09. The Morgan fingerprint density at radius 3 is 2.52 bits per heavy atom.